The van der Waals surface area contributed by atoms with Gasteiger partial charge in [0.1, 0.15) is 0 Å². The summed E-state index contributed by atoms with van der Waals surface area (Å²) in [6, 6.07) is 4.60. The first-order valence-corrected chi connectivity index (χ1v) is 6.95. The molecule has 0 heterocycles. The number of halogens is 3. The summed E-state index contributed by atoms with van der Waals surface area (Å²) >= 11 is 0. The second-order valence-electron chi connectivity index (χ2n) is 6.47. The Hall–Kier alpha value is -1.52. The van der Waals surface area contributed by atoms with Crippen molar-refractivity contribution in [3.05, 3.63) is 35.4 Å². The monoisotopic (exact) mass is 301 g/mol. The van der Waals surface area contributed by atoms with Gasteiger partial charge in [-0.2, -0.15) is 13.2 Å². The molecule has 1 rings (SSSR count). The third-order valence-corrected chi connectivity index (χ3v) is 3.19. The lowest BCUT2D eigenvalue weighted by atomic mass is 9.90. The summed E-state index contributed by atoms with van der Waals surface area (Å²) in [7, 11) is 0. The van der Waals surface area contributed by atoms with Gasteiger partial charge in [0, 0.05) is 6.42 Å². The summed E-state index contributed by atoms with van der Waals surface area (Å²) in [5.74, 6) is -0.144. The van der Waals surface area contributed by atoms with E-state index in [9.17, 15) is 18.0 Å². The molecular weight excluding hydrogens is 279 g/mol. The highest BCUT2D eigenvalue weighted by atomic mass is 19.4. The Bertz CT molecular complexity index is 489. The average molecular weight is 301 g/mol. The molecule has 1 atom stereocenters. The Labute approximate surface area is 123 Å². The van der Waals surface area contributed by atoms with Crippen LogP contribution in [0.5, 0.6) is 0 Å². The van der Waals surface area contributed by atoms with Gasteiger partial charge in [-0.15, -0.1) is 0 Å². The quantitative estimate of drug-likeness (QED) is 0.857. The van der Waals surface area contributed by atoms with Crippen molar-refractivity contribution in [3.63, 3.8) is 0 Å². The van der Waals surface area contributed by atoms with Gasteiger partial charge in [-0.1, -0.05) is 32.9 Å². The van der Waals surface area contributed by atoms with E-state index in [0.29, 0.717) is 12.0 Å². The molecule has 0 aliphatic heterocycles. The van der Waals surface area contributed by atoms with E-state index in [2.05, 4.69) is 5.32 Å². The third kappa shape index (κ3) is 6.19. The number of alkyl halides is 3. The first-order chi connectivity index (χ1) is 9.49. The number of nitrogens with one attached hydrogen (secondary N) is 1. The molecule has 0 spiro atoms. The van der Waals surface area contributed by atoms with E-state index in [1.54, 1.807) is 13.0 Å². The average Bonchev–Trinajstić information content (AvgIpc) is 2.34. The molecule has 0 saturated heterocycles. The fourth-order valence-electron chi connectivity index (χ4n) is 1.87. The molecule has 0 bridgehead atoms. The molecule has 0 unspecified atom stereocenters. The molecule has 0 aliphatic rings. The SMILES string of the molecule is C[C@H](NC(=O)CCC(C)(C)C)c1cccc(C(F)(F)F)c1. The molecular formula is C16H22F3NO. The molecule has 21 heavy (non-hydrogen) atoms. The van der Waals surface area contributed by atoms with Crippen LogP contribution in [0.2, 0.25) is 0 Å². The van der Waals surface area contributed by atoms with Crippen LogP contribution in [0.4, 0.5) is 13.2 Å². The third-order valence-electron chi connectivity index (χ3n) is 3.19. The normalized spacial score (nSPS) is 13.9. The molecule has 0 fully saturated rings. The van der Waals surface area contributed by atoms with Gasteiger partial charge in [-0.05, 0) is 36.5 Å². The molecule has 0 aliphatic carbocycles. The van der Waals surface area contributed by atoms with Gasteiger partial charge in [0.05, 0.1) is 11.6 Å². The lowest BCUT2D eigenvalue weighted by Crippen LogP contribution is -2.27. The number of hydrogen-bond donors (Lipinski definition) is 1. The van der Waals surface area contributed by atoms with Crippen molar-refractivity contribution >= 4 is 5.91 Å². The Morgan fingerprint density at radius 1 is 1.24 bits per heavy atom. The molecule has 1 amide bonds. The number of carbonyl (C=O) groups is 1. The smallest absolute Gasteiger partial charge is 0.350 e. The minimum atomic E-state index is -4.37. The van der Waals surface area contributed by atoms with Gasteiger partial charge in [-0.3, -0.25) is 4.79 Å². The van der Waals surface area contributed by atoms with Crippen molar-refractivity contribution in [2.45, 2.75) is 52.8 Å². The lowest BCUT2D eigenvalue weighted by Gasteiger charge is -2.20. The summed E-state index contributed by atoms with van der Waals surface area (Å²) in [6.45, 7) is 7.80. The van der Waals surface area contributed by atoms with E-state index >= 15 is 0 Å². The van der Waals surface area contributed by atoms with E-state index in [1.165, 1.54) is 6.07 Å². The minimum absolute atomic E-state index is 0.0524. The number of amides is 1. The second kappa shape index (κ2) is 6.50. The highest BCUT2D eigenvalue weighted by molar-refractivity contribution is 5.76. The zero-order valence-corrected chi connectivity index (χ0v) is 12.8. The molecule has 1 aromatic carbocycles. The lowest BCUT2D eigenvalue weighted by molar-refractivity contribution is -0.137. The van der Waals surface area contributed by atoms with Crippen molar-refractivity contribution in [1.82, 2.24) is 5.32 Å². The van der Waals surface area contributed by atoms with Crippen LogP contribution in [0.25, 0.3) is 0 Å². The van der Waals surface area contributed by atoms with Crippen LogP contribution in [0, 0.1) is 5.41 Å². The van der Waals surface area contributed by atoms with E-state index in [0.717, 1.165) is 18.6 Å². The van der Waals surface area contributed by atoms with Crippen molar-refractivity contribution in [2.24, 2.45) is 5.41 Å². The molecule has 0 saturated carbocycles. The van der Waals surface area contributed by atoms with Crippen LogP contribution >= 0.6 is 0 Å². The topological polar surface area (TPSA) is 29.1 Å². The Kier molecular flexibility index (Phi) is 5.42. The summed E-state index contributed by atoms with van der Waals surface area (Å²) in [5.41, 5.74) is -0.193. The summed E-state index contributed by atoms with van der Waals surface area (Å²) < 4.78 is 38.0. The first kappa shape index (κ1) is 17.5. The predicted molar refractivity (Wildman–Crippen MR) is 76.7 cm³/mol. The van der Waals surface area contributed by atoms with Gasteiger partial charge in [0.25, 0.3) is 0 Å². The fraction of sp³-hybridized carbons (Fsp3) is 0.562. The minimum Gasteiger partial charge on any atom is -0.350 e. The maximum absolute atomic E-state index is 12.7. The van der Waals surface area contributed by atoms with Crippen molar-refractivity contribution < 1.29 is 18.0 Å². The molecule has 1 N–H and O–H groups in total. The second-order valence-corrected chi connectivity index (χ2v) is 6.47. The van der Waals surface area contributed by atoms with E-state index in [4.69, 9.17) is 0 Å². The maximum atomic E-state index is 12.7. The van der Waals surface area contributed by atoms with Gasteiger partial charge in [-0.25, -0.2) is 0 Å². The number of benzene rings is 1. The van der Waals surface area contributed by atoms with Crippen LogP contribution in [0.1, 0.15) is 57.7 Å². The highest BCUT2D eigenvalue weighted by Crippen LogP contribution is 2.30. The number of carbonyl (C=O) groups excluding carboxylic acids is 1. The Morgan fingerprint density at radius 2 is 1.86 bits per heavy atom. The van der Waals surface area contributed by atoms with Crippen LogP contribution in [-0.4, -0.2) is 5.91 Å². The van der Waals surface area contributed by atoms with Crippen LogP contribution in [-0.2, 0) is 11.0 Å². The maximum Gasteiger partial charge on any atom is 0.416 e. The summed E-state index contributed by atoms with van der Waals surface area (Å²) in [6.07, 6.45) is -3.27. The Balaban J connectivity index is 2.68. The highest BCUT2D eigenvalue weighted by Gasteiger charge is 2.30. The van der Waals surface area contributed by atoms with E-state index in [-0.39, 0.29) is 11.3 Å². The fourth-order valence-corrected chi connectivity index (χ4v) is 1.87. The van der Waals surface area contributed by atoms with Crippen molar-refractivity contribution in [2.75, 3.05) is 0 Å². The van der Waals surface area contributed by atoms with Gasteiger partial charge in [0.2, 0.25) is 5.91 Å². The van der Waals surface area contributed by atoms with Crippen molar-refractivity contribution in [1.29, 1.82) is 0 Å². The zero-order chi connectivity index (χ0) is 16.3. The van der Waals surface area contributed by atoms with Gasteiger partial charge < -0.3 is 5.32 Å². The molecule has 118 valence electrons. The zero-order valence-electron chi connectivity index (χ0n) is 12.8. The van der Waals surface area contributed by atoms with Crippen molar-refractivity contribution in [3.8, 4) is 0 Å². The molecule has 5 heteroatoms. The van der Waals surface area contributed by atoms with Crippen LogP contribution in [0.3, 0.4) is 0 Å². The summed E-state index contributed by atoms with van der Waals surface area (Å²) in [4.78, 5) is 11.8. The molecule has 2 nitrogen and oxygen atoms in total. The first-order valence-electron chi connectivity index (χ1n) is 6.95. The molecule has 0 aromatic heterocycles. The standard InChI is InChI=1S/C16H22F3NO/c1-11(20-14(21)8-9-15(2,3)4)12-6-5-7-13(10-12)16(17,18)19/h5-7,10-11H,8-9H2,1-4H3,(H,20,21)/t11-/m0/s1. The molecule has 1 aromatic rings. The van der Waals surface area contributed by atoms with E-state index < -0.39 is 17.8 Å². The molecule has 0 radical (unpaired) electrons. The number of rotatable bonds is 4. The Morgan fingerprint density at radius 3 is 2.38 bits per heavy atom. The van der Waals surface area contributed by atoms with E-state index in [1.807, 2.05) is 20.8 Å². The van der Waals surface area contributed by atoms with Crippen LogP contribution in [0.15, 0.2) is 24.3 Å². The van der Waals surface area contributed by atoms with Gasteiger partial charge in [0.15, 0.2) is 0 Å². The van der Waals surface area contributed by atoms with Gasteiger partial charge >= 0.3 is 6.18 Å². The largest absolute Gasteiger partial charge is 0.416 e. The summed E-state index contributed by atoms with van der Waals surface area (Å²) in [5, 5.41) is 2.74. The predicted octanol–water partition coefficient (Wildman–Crippen LogP) is 4.71. The number of hydrogen-bond acceptors (Lipinski definition) is 1. The van der Waals surface area contributed by atoms with Crippen LogP contribution < -0.4 is 5.32 Å².